The van der Waals surface area contributed by atoms with Gasteiger partial charge >= 0.3 is 6.18 Å². The van der Waals surface area contributed by atoms with E-state index in [0.717, 1.165) is 6.07 Å². The maximum Gasteiger partial charge on any atom is 0.433 e. The van der Waals surface area contributed by atoms with Gasteiger partial charge in [-0.3, -0.25) is 4.79 Å². The molecule has 0 saturated carbocycles. The monoisotopic (exact) mass is 414 g/mol. The number of aliphatic hydroxyl groups is 1. The van der Waals surface area contributed by atoms with Gasteiger partial charge in [-0.15, -0.1) is 0 Å². The maximum atomic E-state index is 13.6. The van der Waals surface area contributed by atoms with Crippen molar-refractivity contribution in [1.29, 1.82) is 0 Å². The van der Waals surface area contributed by atoms with Crippen LogP contribution < -0.4 is 10.1 Å². The number of alkyl halides is 3. The molecule has 0 spiro atoms. The zero-order valence-electron chi connectivity index (χ0n) is 14.4. The van der Waals surface area contributed by atoms with Crippen molar-refractivity contribution in [2.75, 3.05) is 20.3 Å². The van der Waals surface area contributed by atoms with Gasteiger partial charge in [0, 0.05) is 12.1 Å². The van der Waals surface area contributed by atoms with E-state index in [1.807, 2.05) is 0 Å². The second-order valence-corrected chi connectivity index (χ2v) is 6.01. The summed E-state index contributed by atoms with van der Waals surface area (Å²) in [4.78, 5) is 16.2. The van der Waals surface area contributed by atoms with Gasteiger partial charge in [0.15, 0.2) is 17.0 Å². The zero-order chi connectivity index (χ0) is 20.5. The van der Waals surface area contributed by atoms with Crippen LogP contribution >= 0.6 is 11.6 Å². The van der Waals surface area contributed by atoms with Crippen molar-refractivity contribution in [3.63, 3.8) is 0 Å². The number of carbonyl (C=O) groups excluding carboxylic acids is 1. The molecule has 11 heteroatoms. The van der Waals surface area contributed by atoms with E-state index in [9.17, 15) is 18.0 Å². The fraction of sp³-hybridized carbons (Fsp3) is 0.235. The normalized spacial score (nSPS) is 11.6. The van der Waals surface area contributed by atoms with Crippen LogP contribution in [0.25, 0.3) is 16.9 Å². The first-order valence-corrected chi connectivity index (χ1v) is 8.34. The molecule has 7 nitrogen and oxygen atoms in total. The topological polar surface area (TPSA) is 88.8 Å². The van der Waals surface area contributed by atoms with Crippen LogP contribution in [0.2, 0.25) is 5.02 Å². The number of hydrogen-bond donors (Lipinski definition) is 2. The summed E-state index contributed by atoms with van der Waals surface area (Å²) in [6.45, 7) is -0.444. The summed E-state index contributed by atoms with van der Waals surface area (Å²) in [6.07, 6.45) is -4.77. The third-order valence-corrected chi connectivity index (χ3v) is 4.15. The maximum absolute atomic E-state index is 13.6. The fourth-order valence-electron chi connectivity index (χ4n) is 2.52. The van der Waals surface area contributed by atoms with Gasteiger partial charge in [0.25, 0.3) is 5.91 Å². The molecule has 0 saturated heterocycles. The Morgan fingerprint density at radius 2 is 2.11 bits per heavy atom. The van der Waals surface area contributed by atoms with Gasteiger partial charge in [-0.25, -0.2) is 9.50 Å². The lowest BCUT2D eigenvalue weighted by molar-refractivity contribution is -0.142. The number of nitrogens with zero attached hydrogens (tertiary/aromatic N) is 3. The number of methoxy groups -OCH3 is 1. The number of nitrogens with one attached hydrogen (secondary N) is 1. The van der Waals surface area contributed by atoms with Crippen LogP contribution in [0.4, 0.5) is 13.2 Å². The number of carbonyl (C=O) groups is 1. The van der Waals surface area contributed by atoms with E-state index in [2.05, 4.69) is 15.4 Å². The summed E-state index contributed by atoms with van der Waals surface area (Å²) >= 11 is 6.11. The predicted molar refractivity (Wildman–Crippen MR) is 94.4 cm³/mol. The van der Waals surface area contributed by atoms with Crippen molar-refractivity contribution >= 4 is 23.2 Å². The standard InChI is InChI=1S/C17H14ClF3N4O3/c1-28-10-4-2-3-9(7-10)11-8-12(17(19,20)21)25-15(23-11)13(18)14(24-25)16(27)22-5-6-26/h2-4,7-8,26H,5-6H2,1H3,(H,22,27). The fourth-order valence-corrected chi connectivity index (χ4v) is 2.77. The highest BCUT2D eigenvalue weighted by atomic mass is 35.5. The van der Waals surface area contributed by atoms with E-state index < -0.39 is 23.5 Å². The Hall–Kier alpha value is -2.85. The van der Waals surface area contributed by atoms with Gasteiger partial charge in [-0.1, -0.05) is 23.7 Å². The molecule has 0 aliphatic carbocycles. The lowest BCUT2D eigenvalue weighted by Gasteiger charge is -2.11. The van der Waals surface area contributed by atoms with Crippen molar-refractivity contribution < 1.29 is 27.8 Å². The molecule has 1 amide bonds. The van der Waals surface area contributed by atoms with Crippen molar-refractivity contribution in [3.05, 3.63) is 46.7 Å². The number of hydrogen-bond acceptors (Lipinski definition) is 5. The quantitative estimate of drug-likeness (QED) is 0.670. The smallest absolute Gasteiger partial charge is 0.433 e. The number of benzene rings is 1. The first-order chi connectivity index (χ1) is 13.3. The molecule has 3 rings (SSSR count). The highest BCUT2D eigenvalue weighted by Gasteiger charge is 2.36. The first kappa shape index (κ1) is 19.9. The number of fused-ring (bicyclic) bond motifs is 1. The lowest BCUT2D eigenvalue weighted by Crippen LogP contribution is -2.27. The molecule has 148 valence electrons. The molecular weight excluding hydrogens is 401 g/mol. The summed E-state index contributed by atoms with van der Waals surface area (Å²) in [5, 5.41) is 14.4. The summed E-state index contributed by atoms with van der Waals surface area (Å²) in [6, 6.07) is 7.17. The number of amides is 1. The molecule has 0 bridgehead atoms. The molecule has 0 aliphatic rings. The van der Waals surface area contributed by atoms with Crippen molar-refractivity contribution in [2.45, 2.75) is 6.18 Å². The Balaban J connectivity index is 2.23. The van der Waals surface area contributed by atoms with Gasteiger partial charge in [0.2, 0.25) is 0 Å². The van der Waals surface area contributed by atoms with Gasteiger partial charge in [-0.2, -0.15) is 18.3 Å². The van der Waals surface area contributed by atoms with E-state index in [1.54, 1.807) is 18.2 Å². The minimum atomic E-state index is -4.77. The highest BCUT2D eigenvalue weighted by molar-refractivity contribution is 6.36. The number of halogens is 4. The molecule has 28 heavy (non-hydrogen) atoms. The van der Waals surface area contributed by atoms with Crippen LogP contribution in [0.3, 0.4) is 0 Å². The van der Waals surface area contributed by atoms with Crippen LogP contribution in [0.1, 0.15) is 16.2 Å². The summed E-state index contributed by atoms with van der Waals surface area (Å²) in [7, 11) is 1.43. The van der Waals surface area contributed by atoms with Crippen LogP contribution in [-0.4, -0.2) is 45.9 Å². The minimum absolute atomic E-state index is 0.0113. The van der Waals surface area contributed by atoms with E-state index in [0.29, 0.717) is 15.8 Å². The summed E-state index contributed by atoms with van der Waals surface area (Å²) in [5.41, 5.74) is -1.52. The highest BCUT2D eigenvalue weighted by Crippen LogP contribution is 2.35. The van der Waals surface area contributed by atoms with Gasteiger partial charge in [0.05, 0.1) is 19.4 Å². The SMILES string of the molecule is COc1cccc(-c2cc(C(F)(F)F)n3nc(C(=O)NCCO)c(Cl)c3n2)c1. The van der Waals surface area contributed by atoms with Gasteiger partial charge in [-0.05, 0) is 18.2 Å². The molecule has 2 N–H and O–H groups in total. The molecule has 1 aromatic carbocycles. The molecule has 0 atom stereocenters. The Morgan fingerprint density at radius 3 is 2.75 bits per heavy atom. The third-order valence-electron chi connectivity index (χ3n) is 3.80. The molecular formula is C17H14ClF3N4O3. The lowest BCUT2D eigenvalue weighted by atomic mass is 10.1. The van der Waals surface area contributed by atoms with Gasteiger partial charge in [0.1, 0.15) is 10.8 Å². The average molecular weight is 415 g/mol. The number of ether oxygens (including phenoxy) is 1. The van der Waals surface area contributed by atoms with Crippen molar-refractivity contribution in [3.8, 4) is 17.0 Å². The first-order valence-electron chi connectivity index (χ1n) is 7.96. The molecule has 2 aromatic heterocycles. The molecule has 0 aliphatic heterocycles. The van der Waals surface area contributed by atoms with Crippen LogP contribution in [0.15, 0.2) is 30.3 Å². The molecule has 0 unspecified atom stereocenters. The Bertz CT molecular complexity index is 1040. The van der Waals surface area contributed by atoms with E-state index in [-0.39, 0.29) is 29.5 Å². The number of aliphatic hydroxyl groups excluding tert-OH is 1. The Morgan fingerprint density at radius 1 is 1.36 bits per heavy atom. The second-order valence-electron chi connectivity index (χ2n) is 5.63. The molecule has 3 aromatic rings. The third kappa shape index (κ3) is 3.73. The Labute approximate surface area is 161 Å². The second kappa shape index (κ2) is 7.64. The van der Waals surface area contributed by atoms with E-state index in [1.165, 1.54) is 13.2 Å². The minimum Gasteiger partial charge on any atom is -0.497 e. The summed E-state index contributed by atoms with van der Waals surface area (Å²) < 4.78 is 46.4. The van der Waals surface area contributed by atoms with Gasteiger partial charge < -0.3 is 15.2 Å². The number of rotatable bonds is 5. The largest absolute Gasteiger partial charge is 0.497 e. The number of aromatic nitrogens is 3. The molecule has 0 radical (unpaired) electrons. The van der Waals surface area contributed by atoms with Crippen molar-refractivity contribution in [1.82, 2.24) is 19.9 Å². The van der Waals surface area contributed by atoms with E-state index in [4.69, 9.17) is 21.4 Å². The van der Waals surface area contributed by atoms with Crippen LogP contribution in [0, 0.1) is 0 Å². The summed E-state index contributed by atoms with van der Waals surface area (Å²) in [5.74, 6) is -0.378. The molecule has 2 heterocycles. The van der Waals surface area contributed by atoms with Crippen LogP contribution in [-0.2, 0) is 6.18 Å². The Kier molecular flexibility index (Phi) is 5.43. The van der Waals surface area contributed by atoms with E-state index >= 15 is 0 Å². The van der Waals surface area contributed by atoms with Crippen LogP contribution in [0.5, 0.6) is 5.75 Å². The predicted octanol–water partition coefficient (Wildman–Crippen LogP) is 2.80. The molecule has 0 fully saturated rings. The zero-order valence-corrected chi connectivity index (χ0v) is 15.2. The average Bonchev–Trinajstić information content (AvgIpc) is 3.01. The van der Waals surface area contributed by atoms with Crippen molar-refractivity contribution in [2.24, 2.45) is 0 Å².